The van der Waals surface area contributed by atoms with Crippen LogP contribution in [0.3, 0.4) is 0 Å². The molecule has 278 valence electrons. The average molecular weight is 744 g/mol. The molecule has 4 saturated carbocycles. The fraction of sp³-hybridized carbons (Fsp3) is 0.193. The van der Waals surface area contributed by atoms with E-state index in [2.05, 4.69) is 193 Å². The minimum absolute atomic E-state index is 0.179. The second kappa shape index (κ2) is 12.2. The summed E-state index contributed by atoms with van der Waals surface area (Å²) in [5, 5.41) is 2.48. The highest BCUT2D eigenvalue weighted by Gasteiger charge is 2.76. The van der Waals surface area contributed by atoms with Gasteiger partial charge in [0, 0.05) is 22.1 Å². The van der Waals surface area contributed by atoms with Gasteiger partial charge in [-0.25, -0.2) is 0 Å². The van der Waals surface area contributed by atoms with Gasteiger partial charge in [-0.15, -0.1) is 0 Å². The number of rotatable bonds is 6. The van der Waals surface area contributed by atoms with Crippen molar-refractivity contribution in [1.29, 1.82) is 0 Å². The number of anilines is 3. The Morgan fingerprint density at radius 2 is 1.02 bits per heavy atom. The third-order valence-electron chi connectivity index (χ3n) is 15.8. The Hall–Kier alpha value is -6.18. The molecule has 8 aromatic carbocycles. The van der Waals surface area contributed by atoms with Gasteiger partial charge in [0.2, 0.25) is 0 Å². The van der Waals surface area contributed by atoms with Gasteiger partial charge >= 0.3 is 0 Å². The monoisotopic (exact) mass is 743 g/mol. The summed E-state index contributed by atoms with van der Waals surface area (Å²) in [5.41, 5.74) is 18.1. The molecule has 0 amide bonds. The molecule has 0 aliphatic heterocycles. The number of hydrogen-bond acceptors (Lipinski definition) is 1. The third-order valence-corrected chi connectivity index (χ3v) is 15.8. The molecule has 8 aromatic rings. The Balaban J connectivity index is 0.956. The van der Waals surface area contributed by atoms with Crippen molar-refractivity contribution >= 4 is 27.8 Å². The molecule has 0 aromatic heterocycles. The van der Waals surface area contributed by atoms with Crippen molar-refractivity contribution in [3.63, 3.8) is 0 Å². The summed E-state index contributed by atoms with van der Waals surface area (Å²) in [6, 6.07) is 70.5. The van der Waals surface area contributed by atoms with Crippen molar-refractivity contribution in [1.82, 2.24) is 0 Å². The molecule has 5 aliphatic rings. The van der Waals surface area contributed by atoms with Gasteiger partial charge in [0.1, 0.15) is 0 Å². The first-order valence-electron chi connectivity index (χ1n) is 21.6. The predicted octanol–water partition coefficient (Wildman–Crippen LogP) is 15.0. The quantitative estimate of drug-likeness (QED) is 0.164. The van der Waals surface area contributed by atoms with Gasteiger partial charge in [0.15, 0.2) is 0 Å². The second-order valence-electron chi connectivity index (χ2n) is 18.1. The molecule has 0 N–H and O–H groups in total. The van der Waals surface area contributed by atoms with Gasteiger partial charge < -0.3 is 4.90 Å². The van der Waals surface area contributed by atoms with Crippen LogP contribution in [0.15, 0.2) is 188 Å². The smallest absolute Gasteiger partial charge is 0.0540 e. The molecule has 1 nitrogen and oxygen atoms in total. The van der Waals surface area contributed by atoms with Gasteiger partial charge in [-0.3, -0.25) is 0 Å². The van der Waals surface area contributed by atoms with Crippen LogP contribution in [0.25, 0.3) is 55.3 Å². The van der Waals surface area contributed by atoms with Crippen molar-refractivity contribution in [2.75, 3.05) is 4.90 Å². The average Bonchev–Trinajstić information content (AvgIpc) is 3.75. The standard InChI is InChI=1S/C57H45N/c1-3-13-39(14-4-1)45-29-30-54(50-20-8-7-18-47(45)50)58(53-22-12-10-17-46(53)40-15-5-2-6-16-40)44-26-23-38(24-27-44)41-25-28-49-48-19-9-11-21-51(48)57(52(49)33-41)43-32-37-31-42-34-55(57)56(42,35-37)36-43/h1-30,33,37,42-43,55H,31-32,34-36H2. The first kappa shape index (κ1) is 32.9. The van der Waals surface area contributed by atoms with Crippen molar-refractivity contribution in [3.05, 3.63) is 199 Å². The van der Waals surface area contributed by atoms with Crippen molar-refractivity contribution in [2.24, 2.45) is 29.1 Å². The van der Waals surface area contributed by atoms with Crippen molar-refractivity contribution < 1.29 is 0 Å². The molecule has 0 radical (unpaired) electrons. The molecule has 0 saturated heterocycles. The zero-order valence-corrected chi connectivity index (χ0v) is 32.7. The Morgan fingerprint density at radius 1 is 0.397 bits per heavy atom. The second-order valence-corrected chi connectivity index (χ2v) is 18.1. The highest BCUT2D eigenvalue weighted by molar-refractivity contribution is 6.07. The van der Waals surface area contributed by atoms with Gasteiger partial charge in [-0.05, 0) is 147 Å². The molecule has 13 rings (SSSR count). The number of fused-ring (bicyclic) bond motifs is 10. The lowest BCUT2D eigenvalue weighted by atomic mass is 9.49. The van der Waals surface area contributed by atoms with E-state index in [9.17, 15) is 0 Å². The molecule has 3 bridgehead atoms. The van der Waals surface area contributed by atoms with Crippen LogP contribution < -0.4 is 4.90 Å². The SMILES string of the molecule is c1ccc(-c2ccccc2N(c2ccc(-c3ccc4c(c3)C3(c5ccccc5-4)C4CC5CC6CC3C6(C5)C4)cc2)c2ccc(-c3ccccc3)c3ccccc23)cc1. The van der Waals surface area contributed by atoms with Crippen LogP contribution in [0.2, 0.25) is 0 Å². The van der Waals surface area contributed by atoms with Crippen LogP contribution in [-0.4, -0.2) is 0 Å². The summed E-state index contributed by atoms with van der Waals surface area (Å²) in [4.78, 5) is 2.48. The summed E-state index contributed by atoms with van der Waals surface area (Å²) >= 11 is 0. The topological polar surface area (TPSA) is 3.24 Å². The summed E-state index contributed by atoms with van der Waals surface area (Å²) < 4.78 is 0. The molecule has 4 fully saturated rings. The molecular formula is C57H45N. The third kappa shape index (κ3) is 4.37. The molecule has 0 heterocycles. The van der Waals surface area contributed by atoms with E-state index >= 15 is 0 Å². The minimum atomic E-state index is 0.179. The molecule has 2 spiro atoms. The van der Waals surface area contributed by atoms with Crippen LogP contribution in [0.4, 0.5) is 17.1 Å². The van der Waals surface area contributed by atoms with E-state index in [0.717, 1.165) is 35.0 Å². The fourth-order valence-electron chi connectivity index (χ4n) is 13.8. The maximum atomic E-state index is 2.64. The van der Waals surface area contributed by atoms with E-state index in [1.165, 1.54) is 93.1 Å². The molecular weight excluding hydrogens is 699 g/mol. The van der Waals surface area contributed by atoms with Crippen molar-refractivity contribution in [3.8, 4) is 44.5 Å². The number of nitrogens with zero attached hydrogens (tertiary/aromatic N) is 1. The van der Waals surface area contributed by atoms with Crippen LogP contribution in [0.5, 0.6) is 0 Å². The molecule has 6 unspecified atom stereocenters. The van der Waals surface area contributed by atoms with Crippen LogP contribution in [0.1, 0.15) is 43.2 Å². The van der Waals surface area contributed by atoms with E-state index in [0.29, 0.717) is 5.41 Å². The summed E-state index contributed by atoms with van der Waals surface area (Å²) in [6.07, 6.45) is 7.30. The van der Waals surface area contributed by atoms with E-state index < -0.39 is 0 Å². The lowest BCUT2D eigenvalue weighted by molar-refractivity contribution is -0.0193. The Bertz CT molecular complexity index is 2910. The largest absolute Gasteiger partial charge is 0.309 e. The van der Waals surface area contributed by atoms with Crippen molar-refractivity contribution in [2.45, 2.75) is 37.5 Å². The predicted molar refractivity (Wildman–Crippen MR) is 241 cm³/mol. The van der Waals surface area contributed by atoms with E-state index in [1.807, 2.05) is 0 Å². The minimum Gasteiger partial charge on any atom is -0.309 e. The summed E-state index contributed by atoms with van der Waals surface area (Å²) in [5.74, 6) is 3.48. The van der Waals surface area contributed by atoms with Crippen LogP contribution >= 0.6 is 0 Å². The number of hydrogen-bond donors (Lipinski definition) is 0. The van der Waals surface area contributed by atoms with Crippen LogP contribution in [0, 0.1) is 29.1 Å². The Morgan fingerprint density at radius 3 is 1.83 bits per heavy atom. The van der Waals surface area contributed by atoms with Gasteiger partial charge in [-0.1, -0.05) is 158 Å². The first-order chi connectivity index (χ1) is 28.7. The maximum Gasteiger partial charge on any atom is 0.0540 e. The summed E-state index contributed by atoms with van der Waals surface area (Å²) in [7, 11) is 0. The van der Waals surface area contributed by atoms with E-state index in [4.69, 9.17) is 0 Å². The lowest BCUT2D eigenvalue weighted by Gasteiger charge is -2.54. The maximum absolute atomic E-state index is 2.64. The van der Waals surface area contributed by atoms with E-state index in [-0.39, 0.29) is 5.41 Å². The normalized spacial score (nSPS) is 25.4. The Kier molecular flexibility index (Phi) is 6.89. The zero-order chi connectivity index (χ0) is 38.0. The Labute approximate surface area is 341 Å². The fourth-order valence-corrected chi connectivity index (χ4v) is 13.8. The van der Waals surface area contributed by atoms with Gasteiger partial charge in [0.25, 0.3) is 0 Å². The molecule has 58 heavy (non-hydrogen) atoms. The molecule has 6 atom stereocenters. The molecule has 5 aliphatic carbocycles. The van der Waals surface area contributed by atoms with E-state index in [1.54, 1.807) is 11.1 Å². The lowest BCUT2D eigenvalue weighted by Crippen LogP contribution is -2.50. The highest BCUT2D eigenvalue weighted by Crippen LogP contribution is 2.83. The first-order valence-corrected chi connectivity index (χ1v) is 21.6. The van der Waals surface area contributed by atoms with Gasteiger partial charge in [-0.2, -0.15) is 0 Å². The molecule has 1 heteroatoms. The zero-order valence-electron chi connectivity index (χ0n) is 32.7. The van der Waals surface area contributed by atoms with Crippen LogP contribution in [-0.2, 0) is 5.41 Å². The summed E-state index contributed by atoms with van der Waals surface area (Å²) in [6.45, 7) is 0. The van der Waals surface area contributed by atoms with Gasteiger partial charge in [0.05, 0.1) is 11.4 Å². The highest BCUT2D eigenvalue weighted by atomic mass is 15.1. The number of benzene rings is 8. The number of para-hydroxylation sites is 1.